The first-order valence-corrected chi connectivity index (χ1v) is 5.95. The molecule has 0 bridgehead atoms. The summed E-state index contributed by atoms with van der Waals surface area (Å²) in [7, 11) is 0. The van der Waals surface area contributed by atoms with Crippen molar-refractivity contribution in [2.24, 2.45) is 0 Å². The largest absolute Gasteiger partial charge is 0.492 e. The van der Waals surface area contributed by atoms with Crippen LogP contribution in [0, 0.1) is 0 Å². The number of rotatable bonds is 4. The molecule has 4 heteroatoms. The van der Waals surface area contributed by atoms with E-state index >= 15 is 0 Å². The molecule has 0 aromatic heterocycles. The Morgan fingerprint density at radius 1 is 1.47 bits per heavy atom. The molecule has 1 heterocycles. The second-order valence-corrected chi connectivity index (χ2v) is 4.19. The molecule has 4 nitrogen and oxygen atoms in total. The summed E-state index contributed by atoms with van der Waals surface area (Å²) in [5, 5.41) is 6.04. The van der Waals surface area contributed by atoms with Gasteiger partial charge >= 0.3 is 0 Å². The number of carbonyl (C=O) groups is 1. The summed E-state index contributed by atoms with van der Waals surface area (Å²) in [6, 6.07) is 6.19. The van der Waals surface area contributed by atoms with Gasteiger partial charge in [0.05, 0.1) is 6.54 Å². The molecule has 2 rings (SSSR count). The smallest absolute Gasteiger partial charge is 0.216 e. The minimum Gasteiger partial charge on any atom is -0.492 e. The van der Waals surface area contributed by atoms with E-state index in [9.17, 15) is 4.79 Å². The van der Waals surface area contributed by atoms with Crippen LogP contribution in [0.1, 0.15) is 18.1 Å². The quantitative estimate of drug-likeness (QED) is 0.759. The Morgan fingerprint density at radius 3 is 3.18 bits per heavy atom. The van der Waals surface area contributed by atoms with Crippen LogP contribution in [0.4, 0.5) is 0 Å². The topological polar surface area (TPSA) is 50.4 Å². The van der Waals surface area contributed by atoms with Crippen molar-refractivity contribution >= 4 is 5.91 Å². The summed E-state index contributed by atoms with van der Waals surface area (Å²) in [6.45, 7) is 4.54. The van der Waals surface area contributed by atoms with E-state index in [4.69, 9.17) is 4.74 Å². The summed E-state index contributed by atoms with van der Waals surface area (Å²) < 4.78 is 5.59. The van der Waals surface area contributed by atoms with Crippen LogP contribution in [0.25, 0.3) is 0 Å². The summed E-state index contributed by atoms with van der Waals surface area (Å²) in [5.41, 5.74) is 2.71. The molecule has 1 aromatic carbocycles. The molecule has 0 saturated heterocycles. The lowest BCUT2D eigenvalue weighted by atomic mass is 10.0. The summed E-state index contributed by atoms with van der Waals surface area (Å²) in [5.74, 6) is 0.862. The Kier molecular flexibility index (Phi) is 3.98. The fourth-order valence-corrected chi connectivity index (χ4v) is 1.94. The van der Waals surface area contributed by atoms with E-state index in [1.54, 1.807) is 0 Å². The van der Waals surface area contributed by atoms with Crippen molar-refractivity contribution in [1.82, 2.24) is 10.6 Å². The van der Waals surface area contributed by atoms with Gasteiger partial charge in [0.15, 0.2) is 0 Å². The van der Waals surface area contributed by atoms with E-state index in [-0.39, 0.29) is 5.91 Å². The third kappa shape index (κ3) is 3.46. The Bertz CT molecular complexity index is 404. The van der Waals surface area contributed by atoms with Gasteiger partial charge in [0.2, 0.25) is 5.91 Å². The van der Waals surface area contributed by atoms with Crippen molar-refractivity contribution in [3.05, 3.63) is 29.3 Å². The van der Waals surface area contributed by atoms with Gasteiger partial charge in [-0.1, -0.05) is 6.07 Å². The number of hydrogen-bond donors (Lipinski definition) is 2. The van der Waals surface area contributed by atoms with E-state index in [1.165, 1.54) is 18.1 Å². The highest BCUT2D eigenvalue weighted by Gasteiger charge is 2.08. The average Bonchev–Trinajstić information content (AvgIpc) is 2.34. The molecule has 0 spiro atoms. The predicted octanol–water partition coefficient (Wildman–Crippen LogP) is 0.847. The van der Waals surface area contributed by atoms with Gasteiger partial charge in [0.25, 0.3) is 0 Å². The normalized spacial score (nSPS) is 13.9. The van der Waals surface area contributed by atoms with Crippen molar-refractivity contribution in [1.29, 1.82) is 0 Å². The zero-order valence-corrected chi connectivity index (χ0v) is 10.1. The van der Waals surface area contributed by atoms with Crippen LogP contribution in [0.5, 0.6) is 5.75 Å². The molecule has 92 valence electrons. The molecule has 1 amide bonds. The van der Waals surface area contributed by atoms with E-state index in [2.05, 4.69) is 22.8 Å². The van der Waals surface area contributed by atoms with Gasteiger partial charge in [0.1, 0.15) is 12.4 Å². The zero-order chi connectivity index (χ0) is 12.1. The molecular formula is C13H18N2O2. The van der Waals surface area contributed by atoms with Crippen LogP contribution in [0.15, 0.2) is 18.2 Å². The molecule has 0 saturated carbocycles. The van der Waals surface area contributed by atoms with Gasteiger partial charge in [0, 0.05) is 13.5 Å². The average molecular weight is 234 g/mol. The molecule has 17 heavy (non-hydrogen) atoms. The van der Waals surface area contributed by atoms with E-state index in [1.807, 2.05) is 6.07 Å². The lowest BCUT2D eigenvalue weighted by Crippen LogP contribution is -2.25. The molecular weight excluding hydrogens is 216 g/mol. The van der Waals surface area contributed by atoms with Crippen molar-refractivity contribution in [3.63, 3.8) is 0 Å². The van der Waals surface area contributed by atoms with Crippen molar-refractivity contribution in [2.75, 3.05) is 19.7 Å². The standard InChI is InChI=1S/C13H18N2O2/c1-10(16)15-6-7-17-13-3-2-12-9-14-5-4-11(12)8-13/h2-3,8,14H,4-7,9H2,1H3,(H,15,16). The van der Waals surface area contributed by atoms with Crippen molar-refractivity contribution in [2.45, 2.75) is 19.9 Å². The fraction of sp³-hybridized carbons (Fsp3) is 0.462. The van der Waals surface area contributed by atoms with E-state index in [0.717, 1.165) is 25.3 Å². The lowest BCUT2D eigenvalue weighted by molar-refractivity contribution is -0.119. The summed E-state index contributed by atoms with van der Waals surface area (Å²) in [6.07, 6.45) is 1.05. The predicted molar refractivity (Wildman–Crippen MR) is 66.0 cm³/mol. The summed E-state index contributed by atoms with van der Waals surface area (Å²) >= 11 is 0. The molecule has 1 aromatic rings. The first-order valence-electron chi connectivity index (χ1n) is 5.95. The van der Waals surface area contributed by atoms with Gasteiger partial charge < -0.3 is 15.4 Å². The van der Waals surface area contributed by atoms with Crippen LogP contribution in [-0.2, 0) is 17.8 Å². The van der Waals surface area contributed by atoms with Crippen LogP contribution >= 0.6 is 0 Å². The molecule has 0 radical (unpaired) electrons. The van der Waals surface area contributed by atoms with Gasteiger partial charge in [-0.25, -0.2) is 0 Å². The van der Waals surface area contributed by atoms with Crippen molar-refractivity contribution < 1.29 is 9.53 Å². The molecule has 0 aliphatic carbocycles. The zero-order valence-electron chi connectivity index (χ0n) is 10.1. The minimum atomic E-state index is -0.0230. The maximum atomic E-state index is 10.7. The Morgan fingerprint density at radius 2 is 2.35 bits per heavy atom. The molecule has 2 N–H and O–H groups in total. The Balaban J connectivity index is 1.86. The third-order valence-corrected chi connectivity index (χ3v) is 2.81. The SMILES string of the molecule is CC(=O)NCCOc1ccc2c(c1)CCNC2. The summed E-state index contributed by atoms with van der Waals surface area (Å²) in [4.78, 5) is 10.7. The number of ether oxygens (including phenoxy) is 1. The molecule has 0 atom stereocenters. The second-order valence-electron chi connectivity index (χ2n) is 4.19. The van der Waals surface area contributed by atoms with Crippen LogP contribution in [0.2, 0.25) is 0 Å². The number of nitrogens with one attached hydrogen (secondary N) is 2. The van der Waals surface area contributed by atoms with Crippen molar-refractivity contribution in [3.8, 4) is 5.75 Å². The minimum absolute atomic E-state index is 0.0230. The number of fused-ring (bicyclic) bond motifs is 1. The first-order chi connectivity index (χ1) is 8.25. The van der Waals surface area contributed by atoms with E-state index < -0.39 is 0 Å². The van der Waals surface area contributed by atoms with Gasteiger partial charge in [-0.05, 0) is 36.2 Å². The Labute approximate surface area is 101 Å². The molecule has 1 aliphatic heterocycles. The molecule has 0 unspecified atom stereocenters. The van der Waals surface area contributed by atoms with Crippen LogP contribution in [0.3, 0.4) is 0 Å². The fourth-order valence-electron chi connectivity index (χ4n) is 1.94. The van der Waals surface area contributed by atoms with Gasteiger partial charge in [-0.3, -0.25) is 4.79 Å². The second kappa shape index (κ2) is 5.68. The van der Waals surface area contributed by atoms with Crippen LogP contribution < -0.4 is 15.4 Å². The lowest BCUT2D eigenvalue weighted by Gasteiger charge is -2.18. The monoisotopic (exact) mass is 234 g/mol. The highest BCUT2D eigenvalue weighted by Crippen LogP contribution is 2.20. The van der Waals surface area contributed by atoms with Crippen LogP contribution in [-0.4, -0.2) is 25.6 Å². The Hall–Kier alpha value is -1.55. The maximum absolute atomic E-state index is 10.7. The number of benzene rings is 1. The third-order valence-electron chi connectivity index (χ3n) is 2.81. The number of hydrogen-bond acceptors (Lipinski definition) is 3. The maximum Gasteiger partial charge on any atom is 0.216 e. The molecule has 1 aliphatic rings. The first kappa shape index (κ1) is 11.9. The molecule has 0 fully saturated rings. The number of carbonyl (C=O) groups excluding carboxylic acids is 1. The van der Waals surface area contributed by atoms with Gasteiger partial charge in [-0.2, -0.15) is 0 Å². The van der Waals surface area contributed by atoms with Gasteiger partial charge in [-0.15, -0.1) is 0 Å². The van der Waals surface area contributed by atoms with E-state index in [0.29, 0.717) is 13.2 Å². The highest BCUT2D eigenvalue weighted by molar-refractivity contribution is 5.72. The highest BCUT2D eigenvalue weighted by atomic mass is 16.5. The number of amides is 1.